The monoisotopic (exact) mass is 281 g/mol. The summed E-state index contributed by atoms with van der Waals surface area (Å²) in [4.78, 5) is 41.9. The van der Waals surface area contributed by atoms with Crippen LogP contribution in [0.1, 0.15) is 18.5 Å². The SMILES string of the molecule is O=C(O)CC(NC(CC(=O)O)C(=O)O)C(=O)O.[H-].[H-].[H-].[H-].[Li+].[Li+].[Li+].[Li+]. The molecular formula is C8H15Li4NO8. The van der Waals surface area contributed by atoms with Gasteiger partial charge in [-0.05, 0) is 0 Å². The van der Waals surface area contributed by atoms with Crippen molar-refractivity contribution in [1.29, 1.82) is 0 Å². The first kappa shape index (κ1) is 33.0. The topological polar surface area (TPSA) is 161 Å². The van der Waals surface area contributed by atoms with Gasteiger partial charge in [0, 0.05) is 0 Å². The molecule has 0 bridgehead atoms. The Morgan fingerprint density at radius 2 is 0.952 bits per heavy atom. The summed E-state index contributed by atoms with van der Waals surface area (Å²) in [7, 11) is 0. The Morgan fingerprint density at radius 3 is 1.10 bits per heavy atom. The zero-order valence-corrected chi connectivity index (χ0v) is 12.5. The fraction of sp³-hybridized carbons (Fsp3) is 0.500. The second-order valence-corrected chi connectivity index (χ2v) is 3.14. The Kier molecular flexibility index (Phi) is 26.1. The van der Waals surface area contributed by atoms with Crippen LogP contribution in [0.25, 0.3) is 0 Å². The van der Waals surface area contributed by atoms with Crippen LogP contribution in [0.15, 0.2) is 0 Å². The maximum atomic E-state index is 10.6. The quantitative estimate of drug-likeness (QED) is 0.272. The Labute approximate surface area is 174 Å². The second kappa shape index (κ2) is 16.6. The van der Waals surface area contributed by atoms with Crippen molar-refractivity contribution in [3.8, 4) is 0 Å². The number of nitrogens with one attached hydrogen (secondary N) is 1. The molecule has 0 aliphatic rings. The van der Waals surface area contributed by atoms with Crippen LogP contribution in [-0.2, 0) is 19.2 Å². The third kappa shape index (κ3) is 16.4. The zero-order valence-electron chi connectivity index (χ0n) is 16.5. The fourth-order valence-electron chi connectivity index (χ4n) is 1.03. The molecule has 0 radical (unpaired) electrons. The van der Waals surface area contributed by atoms with E-state index in [9.17, 15) is 19.2 Å². The maximum Gasteiger partial charge on any atom is 1.00 e. The molecule has 104 valence electrons. The molecular weight excluding hydrogens is 266 g/mol. The molecule has 0 heterocycles. The molecule has 0 aromatic heterocycles. The second-order valence-electron chi connectivity index (χ2n) is 3.14. The summed E-state index contributed by atoms with van der Waals surface area (Å²) in [5, 5.41) is 36.0. The van der Waals surface area contributed by atoms with E-state index in [-0.39, 0.29) is 81.1 Å². The molecule has 0 rings (SSSR count). The smallest absolute Gasteiger partial charge is 1.00 e. The maximum absolute atomic E-state index is 10.6. The van der Waals surface area contributed by atoms with E-state index in [1.807, 2.05) is 5.32 Å². The summed E-state index contributed by atoms with van der Waals surface area (Å²) >= 11 is 0. The molecule has 0 saturated carbocycles. The van der Waals surface area contributed by atoms with Crippen LogP contribution >= 0.6 is 0 Å². The average molecular weight is 281 g/mol. The van der Waals surface area contributed by atoms with Crippen molar-refractivity contribution >= 4 is 23.9 Å². The molecule has 9 nitrogen and oxygen atoms in total. The molecule has 2 unspecified atom stereocenters. The predicted octanol–water partition coefficient (Wildman–Crippen LogP) is -13.1. The van der Waals surface area contributed by atoms with Crippen LogP contribution in [0.2, 0.25) is 0 Å². The molecule has 0 saturated heterocycles. The third-order valence-corrected chi connectivity index (χ3v) is 1.76. The molecule has 21 heavy (non-hydrogen) atoms. The Morgan fingerprint density at radius 1 is 0.714 bits per heavy atom. The number of hydrogen-bond donors (Lipinski definition) is 5. The van der Waals surface area contributed by atoms with Crippen molar-refractivity contribution in [3.63, 3.8) is 0 Å². The molecule has 0 aromatic rings. The number of carboxylic acids is 4. The van der Waals surface area contributed by atoms with Crippen molar-refractivity contribution in [2.24, 2.45) is 0 Å². The Balaban J connectivity index is -0.0000000457. The molecule has 0 spiro atoms. The van der Waals surface area contributed by atoms with Crippen molar-refractivity contribution in [2.45, 2.75) is 24.9 Å². The summed E-state index contributed by atoms with van der Waals surface area (Å²) in [5.41, 5.74) is 0. The summed E-state index contributed by atoms with van der Waals surface area (Å²) in [6.45, 7) is 0. The van der Waals surface area contributed by atoms with Crippen LogP contribution in [0.4, 0.5) is 0 Å². The standard InChI is InChI=1S/C8H11NO8.4Li.4H/c10-5(11)1-3(7(14)15)9-4(8(16)17)2-6(12)13;;;;;;;;/h3-4,9H,1-2H2,(H,10,11)(H,12,13)(H,14,15)(H,16,17);;;;;;;;/q;4*+1;4*-1. The van der Waals surface area contributed by atoms with Gasteiger partial charge in [-0.3, -0.25) is 24.5 Å². The predicted molar refractivity (Wildman–Crippen MR) is 54.9 cm³/mol. The van der Waals surface area contributed by atoms with Crippen molar-refractivity contribution in [2.75, 3.05) is 0 Å². The van der Waals surface area contributed by atoms with Gasteiger partial charge in [0.2, 0.25) is 0 Å². The van der Waals surface area contributed by atoms with Gasteiger partial charge >= 0.3 is 99.3 Å². The van der Waals surface area contributed by atoms with E-state index in [4.69, 9.17) is 20.4 Å². The normalized spacial score (nSPS) is 11.0. The van der Waals surface area contributed by atoms with E-state index in [2.05, 4.69) is 0 Å². The largest absolute Gasteiger partial charge is 1.00 e. The Hall–Kier alpha value is 0.230. The minimum absolute atomic E-state index is 0. The molecule has 0 aliphatic carbocycles. The van der Waals surface area contributed by atoms with Crippen LogP contribution in [0, 0.1) is 0 Å². The van der Waals surface area contributed by atoms with Gasteiger partial charge in [0.1, 0.15) is 12.1 Å². The van der Waals surface area contributed by atoms with Gasteiger partial charge in [-0.1, -0.05) is 0 Å². The number of carboxylic acid groups (broad SMARTS) is 4. The van der Waals surface area contributed by atoms with Gasteiger partial charge in [0.05, 0.1) is 12.8 Å². The van der Waals surface area contributed by atoms with E-state index in [1.165, 1.54) is 0 Å². The number of hydrogen-bond acceptors (Lipinski definition) is 5. The van der Waals surface area contributed by atoms with E-state index in [1.54, 1.807) is 0 Å². The number of rotatable bonds is 8. The van der Waals surface area contributed by atoms with Gasteiger partial charge in [0.25, 0.3) is 0 Å². The zero-order chi connectivity index (χ0) is 13.6. The van der Waals surface area contributed by atoms with Gasteiger partial charge in [-0.2, -0.15) is 0 Å². The molecule has 5 N–H and O–H groups in total. The average Bonchev–Trinajstić information content (AvgIpc) is 2.13. The van der Waals surface area contributed by atoms with Crippen LogP contribution in [0.5, 0.6) is 0 Å². The summed E-state index contributed by atoms with van der Waals surface area (Å²) in [6.07, 6.45) is -1.70. The third-order valence-electron chi connectivity index (χ3n) is 1.76. The molecule has 0 fully saturated rings. The van der Waals surface area contributed by atoms with Crippen molar-refractivity contribution in [3.05, 3.63) is 0 Å². The first-order valence-electron chi connectivity index (χ1n) is 4.39. The van der Waals surface area contributed by atoms with E-state index in [0.717, 1.165) is 0 Å². The van der Waals surface area contributed by atoms with E-state index < -0.39 is 48.8 Å². The first-order chi connectivity index (χ1) is 7.73. The Bertz CT molecular complexity index is 337. The molecule has 2 atom stereocenters. The first-order valence-corrected chi connectivity index (χ1v) is 4.39. The molecule has 0 amide bonds. The fourth-order valence-corrected chi connectivity index (χ4v) is 1.03. The number of aliphatic carboxylic acids is 4. The summed E-state index contributed by atoms with van der Waals surface area (Å²) < 4.78 is 0. The molecule has 0 aromatic carbocycles. The summed E-state index contributed by atoms with van der Waals surface area (Å²) in [5.74, 6) is -6.01. The van der Waals surface area contributed by atoms with Crippen LogP contribution in [-0.4, -0.2) is 56.4 Å². The number of carbonyl (C=O) groups is 4. The molecule has 13 heteroatoms. The van der Waals surface area contributed by atoms with Crippen molar-refractivity contribution in [1.82, 2.24) is 5.32 Å². The molecule has 0 aliphatic heterocycles. The van der Waals surface area contributed by atoms with Gasteiger partial charge < -0.3 is 26.1 Å². The van der Waals surface area contributed by atoms with Crippen molar-refractivity contribution < 1.29 is 121 Å². The summed E-state index contributed by atoms with van der Waals surface area (Å²) in [6, 6.07) is -3.32. The van der Waals surface area contributed by atoms with Crippen LogP contribution in [0.3, 0.4) is 0 Å². The van der Waals surface area contributed by atoms with E-state index in [0.29, 0.717) is 0 Å². The van der Waals surface area contributed by atoms with Gasteiger partial charge in [0.15, 0.2) is 0 Å². The van der Waals surface area contributed by atoms with Crippen LogP contribution < -0.4 is 80.8 Å². The van der Waals surface area contributed by atoms with Gasteiger partial charge in [-0.25, -0.2) is 0 Å². The van der Waals surface area contributed by atoms with Gasteiger partial charge in [-0.15, -0.1) is 0 Å². The minimum atomic E-state index is -1.66. The van der Waals surface area contributed by atoms with E-state index >= 15 is 0 Å². The minimum Gasteiger partial charge on any atom is -1.00 e.